The molecule has 0 atom stereocenters. The summed E-state index contributed by atoms with van der Waals surface area (Å²) < 4.78 is 5.67. The van der Waals surface area contributed by atoms with Crippen molar-refractivity contribution in [2.45, 2.75) is 12.3 Å². The third-order valence-electron chi connectivity index (χ3n) is 2.65. The lowest BCUT2D eigenvalue weighted by Crippen LogP contribution is -1.94. The van der Waals surface area contributed by atoms with E-state index in [4.69, 9.17) is 4.74 Å². The fourth-order valence-corrected chi connectivity index (χ4v) is 2.10. The van der Waals surface area contributed by atoms with Gasteiger partial charge in [-0.3, -0.25) is 10.1 Å². The molecule has 5 heteroatoms. The zero-order chi connectivity index (χ0) is 13.8. The van der Waals surface area contributed by atoms with Gasteiger partial charge in [0.2, 0.25) is 0 Å². The number of nitro groups is 1. The van der Waals surface area contributed by atoms with Crippen LogP contribution in [0.3, 0.4) is 0 Å². The molecule has 0 radical (unpaired) electrons. The van der Waals surface area contributed by atoms with Gasteiger partial charge < -0.3 is 4.74 Å². The summed E-state index contributed by atoms with van der Waals surface area (Å²) in [6, 6.07) is 12.4. The third-order valence-corrected chi connectivity index (χ3v) is 3.25. The molecule has 0 saturated heterocycles. The third kappa shape index (κ3) is 3.32. The van der Waals surface area contributed by atoms with Gasteiger partial charge in [0.25, 0.3) is 5.69 Å². The van der Waals surface area contributed by atoms with Gasteiger partial charge in [0.05, 0.1) is 4.92 Å². The van der Waals surface area contributed by atoms with Crippen molar-refractivity contribution in [3.05, 3.63) is 63.7 Å². The summed E-state index contributed by atoms with van der Waals surface area (Å²) in [5, 5.41) is 11.2. The van der Waals surface area contributed by atoms with E-state index in [1.54, 1.807) is 12.1 Å². The molecule has 19 heavy (non-hydrogen) atoms. The quantitative estimate of drug-likeness (QED) is 0.470. The molecule has 0 N–H and O–H groups in total. The second-order valence-electron chi connectivity index (χ2n) is 4.10. The SMILES string of the molecule is Cc1ccc(Oc2ccc([N+](=O)[O-])c(CBr)c2)cc1. The fourth-order valence-electron chi connectivity index (χ4n) is 1.65. The van der Waals surface area contributed by atoms with E-state index in [1.807, 2.05) is 31.2 Å². The van der Waals surface area contributed by atoms with Crippen molar-refractivity contribution >= 4 is 21.6 Å². The lowest BCUT2D eigenvalue weighted by Gasteiger charge is -2.07. The number of aryl methyl sites for hydroxylation is 1. The van der Waals surface area contributed by atoms with Crippen LogP contribution < -0.4 is 4.74 Å². The summed E-state index contributed by atoms with van der Waals surface area (Å²) in [6.45, 7) is 2.00. The van der Waals surface area contributed by atoms with Crippen LogP contribution in [0.15, 0.2) is 42.5 Å². The van der Waals surface area contributed by atoms with Crippen molar-refractivity contribution < 1.29 is 9.66 Å². The van der Waals surface area contributed by atoms with Gasteiger partial charge in [0.15, 0.2) is 0 Å². The Labute approximate surface area is 119 Å². The van der Waals surface area contributed by atoms with Crippen LogP contribution in [0.25, 0.3) is 0 Å². The molecule has 2 aromatic rings. The number of benzene rings is 2. The van der Waals surface area contributed by atoms with Crippen molar-refractivity contribution in [1.29, 1.82) is 0 Å². The molecule has 0 unspecified atom stereocenters. The van der Waals surface area contributed by atoms with Crippen molar-refractivity contribution in [2.24, 2.45) is 0 Å². The first-order valence-electron chi connectivity index (χ1n) is 5.68. The van der Waals surface area contributed by atoms with E-state index in [9.17, 15) is 10.1 Å². The largest absolute Gasteiger partial charge is 0.457 e. The fraction of sp³-hybridized carbons (Fsp3) is 0.143. The van der Waals surface area contributed by atoms with Crippen LogP contribution >= 0.6 is 15.9 Å². The van der Waals surface area contributed by atoms with Crippen LogP contribution in [0.1, 0.15) is 11.1 Å². The highest BCUT2D eigenvalue weighted by Crippen LogP contribution is 2.29. The number of halogens is 1. The smallest absolute Gasteiger partial charge is 0.273 e. The predicted molar refractivity (Wildman–Crippen MR) is 77.0 cm³/mol. The Morgan fingerprint density at radius 1 is 1.16 bits per heavy atom. The number of hydrogen-bond donors (Lipinski definition) is 0. The summed E-state index contributed by atoms with van der Waals surface area (Å²) in [6.07, 6.45) is 0. The van der Waals surface area contributed by atoms with Crippen LogP contribution in [0.4, 0.5) is 5.69 Å². The van der Waals surface area contributed by atoms with Crippen molar-refractivity contribution in [3.63, 3.8) is 0 Å². The Hall–Kier alpha value is -1.88. The molecule has 0 aliphatic heterocycles. The van der Waals surface area contributed by atoms with Gasteiger partial charge in [0.1, 0.15) is 11.5 Å². The van der Waals surface area contributed by atoms with Crippen molar-refractivity contribution in [2.75, 3.05) is 0 Å². The van der Waals surface area contributed by atoms with Gasteiger partial charge in [-0.2, -0.15) is 0 Å². The molecule has 0 spiro atoms. The highest BCUT2D eigenvalue weighted by atomic mass is 79.9. The Kier molecular flexibility index (Phi) is 4.16. The Morgan fingerprint density at radius 3 is 2.37 bits per heavy atom. The Morgan fingerprint density at radius 2 is 1.79 bits per heavy atom. The summed E-state index contributed by atoms with van der Waals surface area (Å²) in [5.41, 5.74) is 1.83. The average molecular weight is 322 g/mol. The van der Waals surface area contributed by atoms with Gasteiger partial charge in [0, 0.05) is 17.0 Å². The predicted octanol–water partition coefficient (Wildman–Crippen LogP) is 4.59. The van der Waals surface area contributed by atoms with Crippen molar-refractivity contribution in [3.8, 4) is 11.5 Å². The minimum Gasteiger partial charge on any atom is -0.457 e. The highest BCUT2D eigenvalue weighted by Gasteiger charge is 2.13. The molecule has 0 fully saturated rings. The average Bonchev–Trinajstić information content (AvgIpc) is 2.41. The molecule has 0 amide bonds. The normalized spacial score (nSPS) is 10.2. The zero-order valence-corrected chi connectivity index (χ0v) is 11.9. The summed E-state index contributed by atoms with van der Waals surface area (Å²) >= 11 is 3.25. The summed E-state index contributed by atoms with van der Waals surface area (Å²) in [7, 11) is 0. The molecule has 0 aromatic heterocycles. The molecule has 0 aliphatic rings. The molecular formula is C14H12BrNO3. The molecule has 0 aliphatic carbocycles. The number of nitro benzene ring substituents is 1. The molecule has 2 aromatic carbocycles. The van der Waals surface area contributed by atoms with Gasteiger partial charge in [-0.05, 0) is 31.2 Å². The molecule has 0 heterocycles. The Balaban J connectivity index is 2.26. The maximum absolute atomic E-state index is 10.8. The first-order valence-corrected chi connectivity index (χ1v) is 6.80. The van der Waals surface area contributed by atoms with E-state index in [-0.39, 0.29) is 5.69 Å². The molecule has 98 valence electrons. The number of nitrogens with zero attached hydrogens (tertiary/aromatic N) is 1. The van der Waals surface area contributed by atoms with E-state index >= 15 is 0 Å². The lowest BCUT2D eigenvalue weighted by atomic mass is 10.2. The zero-order valence-electron chi connectivity index (χ0n) is 10.3. The van der Waals surface area contributed by atoms with Gasteiger partial charge in [-0.25, -0.2) is 0 Å². The lowest BCUT2D eigenvalue weighted by molar-refractivity contribution is -0.385. The minimum absolute atomic E-state index is 0.0909. The maximum Gasteiger partial charge on any atom is 0.273 e. The first-order chi connectivity index (χ1) is 9.10. The second-order valence-corrected chi connectivity index (χ2v) is 4.66. The highest BCUT2D eigenvalue weighted by molar-refractivity contribution is 9.08. The summed E-state index contributed by atoms with van der Waals surface area (Å²) in [5.74, 6) is 1.30. The van der Waals surface area contributed by atoms with Crippen LogP contribution in [-0.2, 0) is 5.33 Å². The molecule has 2 rings (SSSR count). The van der Waals surface area contributed by atoms with Crippen LogP contribution in [-0.4, -0.2) is 4.92 Å². The van der Waals surface area contributed by atoms with Crippen LogP contribution in [0.2, 0.25) is 0 Å². The number of alkyl halides is 1. The Bertz CT molecular complexity index is 596. The molecule has 0 bridgehead atoms. The topological polar surface area (TPSA) is 52.4 Å². The van der Waals surface area contributed by atoms with Gasteiger partial charge >= 0.3 is 0 Å². The second kappa shape index (κ2) is 5.84. The van der Waals surface area contributed by atoms with E-state index < -0.39 is 4.92 Å². The van der Waals surface area contributed by atoms with Gasteiger partial charge in [-0.15, -0.1) is 0 Å². The monoisotopic (exact) mass is 321 g/mol. The standard InChI is InChI=1S/C14H12BrNO3/c1-10-2-4-12(5-3-10)19-13-6-7-14(16(17)18)11(8-13)9-15/h2-8H,9H2,1H3. The van der Waals surface area contributed by atoms with E-state index in [0.717, 1.165) is 5.56 Å². The number of rotatable bonds is 4. The van der Waals surface area contributed by atoms with Crippen LogP contribution in [0, 0.1) is 17.0 Å². The molecule has 4 nitrogen and oxygen atoms in total. The first kappa shape index (κ1) is 13.5. The number of ether oxygens (including phenoxy) is 1. The van der Waals surface area contributed by atoms with E-state index in [2.05, 4.69) is 15.9 Å². The van der Waals surface area contributed by atoms with Crippen LogP contribution in [0.5, 0.6) is 11.5 Å². The van der Waals surface area contributed by atoms with Crippen molar-refractivity contribution in [1.82, 2.24) is 0 Å². The number of hydrogen-bond acceptors (Lipinski definition) is 3. The van der Waals surface area contributed by atoms with E-state index in [0.29, 0.717) is 22.4 Å². The van der Waals surface area contributed by atoms with Gasteiger partial charge in [-0.1, -0.05) is 33.6 Å². The molecule has 0 saturated carbocycles. The summed E-state index contributed by atoms with van der Waals surface area (Å²) in [4.78, 5) is 10.4. The maximum atomic E-state index is 10.8. The van der Waals surface area contributed by atoms with E-state index in [1.165, 1.54) is 6.07 Å². The molecular weight excluding hydrogens is 310 g/mol. The minimum atomic E-state index is -0.397.